The highest BCUT2D eigenvalue weighted by Gasteiger charge is 2.49. The lowest BCUT2D eigenvalue weighted by Gasteiger charge is -2.24. The van der Waals surface area contributed by atoms with Crippen molar-refractivity contribution < 1.29 is 22.0 Å². The zero-order chi connectivity index (χ0) is 19.9. The summed E-state index contributed by atoms with van der Waals surface area (Å²) < 4.78 is 50.4. The van der Waals surface area contributed by atoms with Gasteiger partial charge in [0.2, 0.25) is 0 Å². The van der Waals surface area contributed by atoms with Gasteiger partial charge in [0.25, 0.3) is 5.91 Å². The van der Waals surface area contributed by atoms with E-state index >= 15 is 0 Å². The van der Waals surface area contributed by atoms with Gasteiger partial charge in [-0.3, -0.25) is 4.79 Å². The number of amides is 1. The summed E-state index contributed by atoms with van der Waals surface area (Å²) >= 11 is 1.25. The van der Waals surface area contributed by atoms with Gasteiger partial charge in [0.15, 0.2) is 15.0 Å². The van der Waals surface area contributed by atoms with Crippen LogP contribution in [-0.4, -0.2) is 42.3 Å². The number of sulfone groups is 1. The van der Waals surface area contributed by atoms with Crippen molar-refractivity contribution >= 4 is 38.4 Å². The fraction of sp³-hybridized carbons (Fsp3) is 0.263. The summed E-state index contributed by atoms with van der Waals surface area (Å²) in [6.45, 7) is 0. The maximum atomic E-state index is 13.3. The summed E-state index contributed by atoms with van der Waals surface area (Å²) in [5.41, 5.74) is 1.22. The third kappa shape index (κ3) is 3.95. The Bertz CT molecular complexity index is 1040. The number of anilines is 1. The number of aliphatic imine (C=N–C) groups is 1. The van der Waals surface area contributed by atoms with E-state index < -0.39 is 21.6 Å². The summed E-state index contributed by atoms with van der Waals surface area (Å²) in [7, 11) is -3.17. The zero-order valence-corrected chi connectivity index (χ0v) is 16.2. The van der Waals surface area contributed by atoms with E-state index in [4.69, 9.17) is 0 Å². The van der Waals surface area contributed by atoms with Crippen molar-refractivity contribution in [2.24, 2.45) is 4.99 Å². The Morgan fingerprint density at radius 3 is 2.29 bits per heavy atom. The largest absolute Gasteiger partial charge is 0.316 e. The van der Waals surface area contributed by atoms with E-state index in [9.17, 15) is 22.0 Å². The molecule has 0 spiro atoms. The highest BCUT2D eigenvalue weighted by molar-refractivity contribution is 8.16. The molecule has 2 aromatic rings. The second-order valence-electron chi connectivity index (χ2n) is 6.74. The highest BCUT2D eigenvalue weighted by atomic mass is 32.2. The van der Waals surface area contributed by atoms with E-state index in [-0.39, 0.29) is 35.0 Å². The summed E-state index contributed by atoms with van der Waals surface area (Å²) in [5, 5.41) is 0.177. The number of nitrogens with zero attached hydrogens (tertiary/aromatic N) is 2. The molecule has 2 saturated heterocycles. The fourth-order valence-electron chi connectivity index (χ4n) is 3.39. The van der Waals surface area contributed by atoms with Gasteiger partial charge >= 0.3 is 0 Å². The summed E-state index contributed by atoms with van der Waals surface area (Å²) in [5.74, 6) is -1.22. The lowest BCUT2D eigenvalue weighted by Crippen LogP contribution is -2.37. The number of amidine groups is 1. The molecule has 2 aromatic carbocycles. The molecule has 28 heavy (non-hydrogen) atoms. The van der Waals surface area contributed by atoms with E-state index in [0.29, 0.717) is 16.4 Å². The lowest BCUT2D eigenvalue weighted by molar-refractivity contribution is -0.117. The SMILES string of the molecule is O=C(Cc1ccc(F)cc1)N=C1S[C@@H]2CS(=O)(=O)C[C@@H]2N1c1ccc(F)cc1. The number of hydrogen-bond donors (Lipinski definition) is 0. The van der Waals surface area contributed by atoms with Crippen molar-refractivity contribution in [3.8, 4) is 0 Å². The van der Waals surface area contributed by atoms with E-state index in [1.807, 2.05) is 0 Å². The molecule has 0 aromatic heterocycles. The van der Waals surface area contributed by atoms with Gasteiger partial charge in [0, 0.05) is 10.9 Å². The van der Waals surface area contributed by atoms with E-state index in [1.165, 1.54) is 48.2 Å². The standard InChI is InChI=1S/C19H16F2N2O3S2/c20-13-3-1-12(2-4-13)9-18(24)22-19-23(15-7-5-14(21)6-8-15)16-10-28(25,26)11-17(16)27-19/h1-8,16-17H,9-11H2/t16-,17+/m0/s1. The Morgan fingerprint density at radius 1 is 1.04 bits per heavy atom. The van der Waals surface area contributed by atoms with Crippen molar-refractivity contribution in [3.63, 3.8) is 0 Å². The van der Waals surface area contributed by atoms with Crippen molar-refractivity contribution in [3.05, 3.63) is 65.7 Å². The Hall–Kier alpha value is -2.26. The molecule has 9 heteroatoms. The fourth-order valence-corrected chi connectivity index (χ4v) is 7.32. The van der Waals surface area contributed by atoms with Crippen LogP contribution in [0.15, 0.2) is 53.5 Å². The van der Waals surface area contributed by atoms with E-state index in [0.717, 1.165) is 0 Å². The minimum atomic E-state index is -3.17. The molecule has 0 radical (unpaired) electrons. The van der Waals surface area contributed by atoms with Crippen LogP contribution in [0, 0.1) is 11.6 Å². The molecule has 4 rings (SSSR count). The minimum absolute atomic E-state index is 0.00916. The Morgan fingerprint density at radius 2 is 1.64 bits per heavy atom. The first-order valence-electron chi connectivity index (χ1n) is 8.58. The topological polar surface area (TPSA) is 66.8 Å². The van der Waals surface area contributed by atoms with Crippen LogP contribution in [0.4, 0.5) is 14.5 Å². The number of carbonyl (C=O) groups excluding carboxylic acids is 1. The third-order valence-corrected chi connectivity index (χ3v) is 7.87. The predicted molar refractivity (Wildman–Crippen MR) is 105 cm³/mol. The first-order valence-corrected chi connectivity index (χ1v) is 11.3. The molecule has 2 fully saturated rings. The van der Waals surface area contributed by atoms with Crippen LogP contribution < -0.4 is 4.90 Å². The number of benzene rings is 2. The van der Waals surface area contributed by atoms with Gasteiger partial charge < -0.3 is 4.90 Å². The van der Waals surface area contributed by atoms with Crippen LogP contribution in [0.5, 0.6) is 0 Å². The Kier molecular flexibility index (Phi) is 4.96. The van der Waals surface area contributed by atoms with Gasteiger partial charge in [0.05, 0.1) is 24.0 Å². The van der Waals surface area contributed by atoms with Crippen molar-refractivity contribution in [1.82, 2.24) is 0 Å². The zero-order valence-electron chi connectivity index (χ0n) is 14.6. The molecular weight excluding hydrogens is 406 g/mol. The molecule has 2 aliphatic rings. The second kappa shape index (κ2) is 7.29. The van der Waals surface area contributed by atoms with Crippen LogP contribution >= 0.6 is 11.8 Å². The number of carbonyl (C=O) groups is 1. The molecule has 2 atom stereocenters. The molecule has 0 unspecified atom stereocenters. The van der Waals surface area contributed by atoms with E-state index in [1.54, 1.807) is 17.0 Å². The van der Waals surface area contributed by atoms with Gasteiger partial charge in [-0.15, -0.1) is 0 Å². The van der Waals surface area contributed by atoms with Gasteiger partial charge in [-0.25, -0.2) is 17.2 Å². The molecule has 2 aliphatic heterocycles. The molecular formula is C19H16F2N2O3S2. The molecule has 2 heterocycles. The van der Waals surface area contributed by atoms with Gasteiger partial charge in [-0.2, -0.15) is 4.99 Å². The minimum Gasteiger partial charge on any atom is -0.316 e. The second-order valence-corrected chi connectivity index (χ2v) is 10.1. The average Bonchev–Trinajstić information content (AvgIpc) is 3.09. The molecule has 0 aliphatic carbocycles. The Labute approximate surface area is 165 Å². The summed E-state index contributed by atoms with van der Waals surface area (Å²) in [6.07, 6.45) is 0.00916. The van der Waals surface area contributed by atoms with Crippen LogP contribution in [0.1, 0.15) is 5.56 Å². The quantitative estimate of drug-likeness (QED) is 0.761. The maximum Gasteiger partial charge on any atom is 0.252 e. The number of halogens is 2. The lowest BCUT2D eigenvalue weighted by atomic mass is 10.1. The summed E-state index contributed by atoms with van der Waals surface area (Å²) in [6, 6.07) is 10.9. The molecule has 0 bridgehead atoms. The van der Waals surface area contributed by atoms with Crippen molar-refractivity contribution in [2.45, 2.75) is 17.7 Å². The normalized spacial score (nSPS) is 24.5. The van der Waals surface area contributed by atoms with Gasteiger partial charge in [0.1, 0.15) is 11.6 Å². The third-order valence-electron chi connectivity index (χ3n) is 4.66. The molecule has 5 nitrogen and oxygen atoms in total. The monoisotopic (exact) mass is 422 g/mol. The first kappa shape index (κ1) is 19.1. The highest BCUT2D eigenvalue weighted by Crippen LogP contribution is 2.41. The predicted octanol–water partition coefficient (Wildman–Crippen LogP) is 2.81. The van der Waals surface area contributed by atoms with E-state index in [2.05, 4.69) is 4.99 Å². The average molecular weight is 422 g/mol. The van der Waals surface area contributed by atoms with Crippen molar-refractivity contribution in [2.75, 3.05) is 16.4 Å². The van der Waals surface area contributed by atoms with Crippen molar-refractivity contribution in [1.29, 1.82) is 0 Å². The van der Waals surface area contributed by atoms with Crippen LogP contribution in [0.25, 0.3) is 0 Å². The van der Waals surface area contributed by atoms with Gasteiger partial charge in [-0.1, -0.05) is 23.9 Å². The maximum absolute atomic E-state index is 13.3. The number of rotatable bonds is 3. The molecule has 0 saturated carbocycles. The van der Waals surface area contributed by atoms with Crippen LogP contribution in [0.3, 0.4) is 0 Å². The number of fused-ring (bicyclic) bond motifs is 1. The Balaban J connectivity index is 1.62. The number of thioether (sulfide) groups is 1. The summed E-state index contributed by atoms with van der Waals surface area (Å²) in [4.78, 5) is 18.3. The van der Waals surface area contributed by atoms with Crippen LogP contribution in [-0.2, 0) is 21.1 Å². The molecule has 1 amide bonds. The first-order chi connectivity index (χ1) is 13.3. The van der Waals surface area contributed by atoms with Crippen LogP contribution in [0.2, 0.25) is 0 Å². The molecule has 146 valence electrons. The molecule has 0 N–H and O–H groups in total. The number of hydrogen-bond acceptors (Lipinski definition) is 4. The van der Waals surface area contributed by atoms with Gasteiger partial charge in [-0.05, 0) is 42.0 Å². The smallest absolute Gasteiger partial charge is 0.252 e.